The Bertz CT molecular complexity index is 1260. The lowest BCUT2D eigenvalue weighted by molar-refractivity contribution is -0.136. The molecule has 1 unspecified atom stereocenters. The van der Waals surface area contributed by atoms with E-state index in [0.29, 0.717) is 22.9 Å². The van der Waals surface area contributed by atoms with Crippen LogP contribution >= 0.6 is 23.2 Å². The van der Waals surface area contributed by atoms with Crippen LogP contribution in [0.4, 0.5) is 14.5 Å². The first-order valence-corrected chi connectivity index (χ1v) is 12.7. The first-order chi connectivity index (χ1) is 18.0. The molecule has 0 bridgehead atoms. The third-order valence-corrected chi connectivity index (χ3v) is 6.11. The van der Waals surface area contributed by atoms with E-state index in [1.165, 1.54) is 18.2 Å². The Balaban J connectivity index is 1.67. The fourth-order valence-corrected chi connectivity index (χ4v) is 4.36. The molecule has 0 aliphatic rings. The van der Waals surface area contributed by atoms with Gasteiger partial charge in [0.2, 0.25) is 0 Å². The summed E-state index contributed by atoms with van der Waals surface area (Å²) in [5, 5.41) is 15.1. The number of rotatable bonds is 12. The molecular weight excluding hydrogens is 537 g/mol. The van der Waals surface area contributed by atoms with E-state index in [1.54, 1.807) is 24.3 Å². The zero-order valence-electron chi connectivity index (χ0n) is 20.9. The Labute approximate surface area is 229 Å². The van der Waals surface area contributed by atoms with Gasteiger partial charge in [0.05, 0.1) is 23.0 Å². The molecule has 0 fully saturated rings. The Morgan fingerprint density at radius 2 is 1.66 bits per heavy atom. The van der Waals surface area contributed by atoms with E-state index < -0.39 is 17.6 Å². The molecule has 0 saturated carbocycles. The molecule has 1 atom stereocenters. The fourth-order valence-electron chi connectivity index (χ4n) is 3.86. The number of carboxylic acid groups (broad SMARTS) is 1. The number of anilines is 1. The van der Waals surface area contributed by atoms with E-state index in [-0.39, 0.29) is 53.4 Å². The Morgan fingerprint density at radius 3 is 2.24 bits per heavy atom. The van der Waals surface area contributed by atoms with E-state index in [2.05, 4.69) is 10.6 Å². The maximum atomic E-state index is 14.9. The summed E-state index contributed by atoms with van der Waals surface area (Å²) in [6.45, 7) is 4.26. The molecule has 10 heteroatoms. The van der Waals surface area contributed by atoms with Gasteiger partial charge < -0.3 is 20.5 Å². The minimum absolute atomic E-state index is 0.0386. The van der Waals surface area contributed by atoms with Crippen LogP contribution in [-0.4, -0.2) is 36.2 Å². The molecule has 0 radical (unpaired) electrons. The van der Waals surface area contributed by atoms with Crippen LogP contribution in [0.1, 0.15) is 37.0 Å². The molecule has 0 spiro atoms. The summed E-state index contributed by atoms with van der Waals surface area (Å²) in [4.78, 5) is 22.7. The van der Waals surface area contributed by atoms with Crippen molar-refractivity contribution in [2.45, 2.75) is 32.7 Å². The highest BCUT2D eigenvalue weighted by atomic mass is 35.5. The molecule has 38 heavy (non-hydrogen) atoms. The predicted molar refractivity (Wildman–Crippen MR) is 145 cm³/mol. The van der Waals surface area contributed by atoms with E-state index in [1.807, 2.05) is 13.8 Å². The van der Waals surface area contributed by atoms with Crippen molar-refractivity contribution in [3.63, 3.8) is 0 Å². The van der Waals surface area contributed by atoms with Gasteiger partial charge in [-0.15, -0.1) is 0 Å². The number of ether oxygens (including phenoxy) is 1. The van der Waals surface area contributed by atoms with Gasteiger partial charge in [0.25, 0.3) is 5.91 Å². The molecule has 6 nitrogen and oxygen atoms in total. The second kappa shape index (κ2) is 13.4. The van der Waals surface area contributed by atoms with Crippen LogP contribution in [0.5, 0.6) is 5.75 Å². The number of hydrogen-bond donors (Lipinski definition) is 3. The summed E-state index contributed by atoms with van der Waals surface area (Å²) in [6, 6.07) is 13.1. The van der Waals surface area contributed by atoms with Crippen LogP contribution in [0.25, 0.3) is 11.1 Å². The highest BCUT2D eigenvalue weighted by molar-refractivity contribution is 6.36. The minimum atomic E-state index is -0.990. The van der Waals surface area contributed by atoms with Gasteiger partial charge in [0.15, 0.2) is 0 Å². The van der Waals surface area contributed by atoms with Crippen molar-refractivity contribution in [2.75, 3.05) is 18.5 Å². The summed E-state index contributed by atoms with van der Waals surface area (Å²) in [7, 11) is 0. The maximum Gasteiger partial charge on any atom is 0.305 e. The lowest BCUT2D eigenvalue weighted by Gasteiger charge is -2.22. The molecule has 0 aromatic heterocycles. The number of halogens is 4. The quantitative estimate of drug-likeness (QED) is 0.219. The fraction of sp³-hybridized carbons (Fsp3) is 0.286. The average Bonchev–Trinajstić information content (AvgIpc) is 2.83. The molecule has 1 amide bonds. The third-order valence-electron chi connectivity index (χ3n) is 5.57. The van der Waals surface area contributed by atoms with Crippen molar-refractivity contribution in [3.05, 3.63) is 81.8 Å². The van der Waals surface area contributed by atoms with Crippen molar-refractivity contribution >= 4 is 40.8 Å². The zero-order chi connectivity index (χ0) is 27.8. The number of carbonyl (C=O) groups excluding carboxylic acids is 1. The minimum Gasteiger partial charge on any atom is -0.491 e. The van der Waals surface area contributed by atoms with E-state index in [9.17, 15) is 18.4 Å². The van der Waals surface area contributed by atoms with E-state index >= 15 is 0 Å². The number of carboxylic acids is 1. The van der Waals surface area contributed by atoms with Crippen LogP contribution in [0, 0.1) is 17.6 Å². The predicted octanol–water partition coefficient (Wildman–Crippen LogP) is 7.05. The molecule has 0 heterocycles. The summed E-state index contributed by atoms with van der Waals surface area (Å²) in [5.41, 5.74) is 1.05. The van der Waals surface area contributed by atoms with Gasteiger partial charge in [-0.25, -0.2) is 8.78 Å². The molecule has 3 aromatic rings. The number of amides is 1. The van der Waals surface area contributed by atoms with Gasteiger partial charge in [0, 0.05) is 40.5 Å². The lowest BCUT2D eigenvalue weighted by atomic mass is 10.0. The van der Waals surface area contributed by atoms with Crippen molar-refractivity contribution in [1.82, 2.24) is 5.32 Å². The van der Waals surface area contributed by atoms with Gasteiger partial charge >= 0.3 is 5.97 Å². The van der Waals surface area contributed by atoms with Gasteiger partial charge in [-0.3, -0.25) is 9.59 Å². The monoisotopic (exact) mass is 564 g/mol. The SMILES string of the molecule is CC(C)CC(COc1cc(F)c(-c2ccc(Cl)cc2Cl)c(F)c1)Nc1ccc(C(=O)NCCC(=O)O)cc1. The zero-order valence-corrected chi connectivity index (χ0v) is 22.4. The van der Waals surface area contributed by atoms with Crippen LogP contribution in [0.3, 0.4) is 0 Å². The van der Waals surface area contributed by atoms with E-state index in [4.69, 9.17) is 33.0 Å². The Morgan fingerprint density at radius 1 is 1.00 bits per heavy atom. The van der Waals surface area contributed by atoms with Gasteiger partial charge in [-0.2, -0.15) is 0 Å². The van der Waals surface area contributed by atoms with Crippen LogP contribution < -0.4 is 15.4 Å². The van der Waals surface area contributed by atoms with Crippen molar-refractivity contribution < 1.29 is 28.2 Å². The molecule has 0 saturated heterocycles. The lowest BCUT2D eigenvalue weighted by Crippen LogP contribution is -2.29. The highest BCUT2D eigenvalue weighted by Crippen LogP contribution is 2.35. The van der Waals surface area contributed by atoms with Gasteiger partial charge in [-0.1, -0.05) is 43.1 Å². The van der Waals surface area contributed by atoms with Crippen LogP contribution in [-0.2, 0) is 4.79 Å². The maximum absolute atomic E-state index is 14.9. The number of nitrogens with one attached hydrogen (secondary N) is 2. The van der Waals surface area contributed by atoms with Crippen molar-refractivity contribution in [1.29, 1.82) is 0 Å². The van der Waals surface area contributed by atoms with Crippen LogP contribution in [0.15, 0.2) is 54.6 Å². The van der Waals surface area contributed by atoms with Gasteiger partial charge in [0.1, 0.15) is 24.0 Å². The van der Waals surface area contributed by atoms with E-state index in [0.717, 1.165) is 17.8 Å². The summed E-state index contributed by atoms with van der Waals surface area (Å²) in [5.74, 6) is -2.64. The third kappa shape index (κ3) is 8.33. The molecule has 0 aliphatic heterocycles. The molecule has 0 aliphatic carbocycles. The molecule has 3 aromatic carbocycles. The normalized spacial score (nSPS) is 11.8. The van der Waals surface area contributed by atoms with Gasteiger partial charge in [-0.05, 0) is 48.7 Å². The summed E-state index contributed by atoms with van der Waals surface area (Å²) < 4.78 is 35.5. The van der Waals surface area contributed by atoms with Crippen molar-refractivity contribution in [3.8, 4) is 16.9 Å². The second-order valence-corrected chi connectivity index (χ2v) is 9.99. The average molecular weight is 565 g/mol. The number of aliphatic carboxylic acids is 1. The molecule has 3 N–H and O–H groups in total. The summed E-state index contributed by atoms with van der Waals surface area (Å²) >= 11 is 12.0. The highest BCUT2D eigenvalue weighted by Gasteiger charge is 2.18. The topological polar surface area (TPSA) is 87.7 Å². The Hall–Kier alpha value is -3.36. The summed E-state index contributed by atoms with van der Waals surface area (Å²) in [6.07, 6.45) is 0.550. The number of benzene rings is 3. The van der Waals surface area contributed by atoms with Crippen molar-refractivity contribution in [2.24, 2.45) is 5.92 Å². The van der Waals surface area contributed by atoms with Crippen LogP contribution in [0.2, 0.25) is 10.0 Å². The first kappa shape index (κ1) is 29.2. The number of carbonyl (C=O) groups is 2. The Kier molecular flexibility index (Phi) is 10.3. The smallest absolute Gasteiger partial charge is 0.305 e. The first-order valence-electron chi connectivity index (χ1n) is 12.0. The molecule has 3 rings (SSSR count). The largest absolute Gasteiger partial charge is 0.491 e. The standard InChI is InChI=1S/C28H28Cl2F2N2O4/c1-16(2)11-20(34-19-6-3-17(4-7-19)28(37)33-10-9-26(35)36)15-38-21-13-24(31)27(25(32)14-21)22-8-5-18(29)12-23(22)30/h3-8,12-14,16,20,34H,9-11,15H2,1-2H3,(H,33,37)(H,35,36). The molecular formula is C28H28Cl2F2N2O4. The second-order valence-electron chi connectivity index (χ2n) is 9.14. The number of hydrogen-bond acceptors (Lipinski definition) is 4. The molecule has 202 valence electrons.